The maximum atomic E-state index is 5.00. The summed E-state index contributed by atoms with van der Waals surface area (Å²) >= 11 is 0. The molecule has 2 saturated heterocycles. The van der Waals surface area contributed by atoms with Crippen LogP contribution in [0.25, 0.3) is 0 Å². The Hall–Kier alpha value is -0.160. The molecular formula is C7H12O4. The quantitative estimate of drug-likeness (QED) is 0.543. The van der Waals surface area contributed by atoms with Gasteiger partial charge in [0.1, 0.15) is 0 Å². The van der Waals surface area contributed by atoms with Crippen molar-refractivity contribution >= 4 is 0 Å². The second-order valence-corrected chi connectivity index (χ2v) is 3.33. The predicted molar refractivity (Wildman–Crippen MR) is 34.9 cm³/mol. The van der Waals surface area contributed by atoms with Gasteiger partial charge in [0.05, 0.1) is 5.92 Å². The molecule has 0 unspecified atom stereocenters. The van der Waals surface area contributed by atoms with Gasteiger partial charge in [0.2, 0.25) is 11.6 Å². The van der Waals surface area contributed by atoms with Crippen molar-refractivity contribution in [1.82, 2.24) is 0 Å². The summed E-state index contributed by atoms with van der Waals surface area (Å²) in [6.45, 7) is 5.69. The zero-order chi connectivity index (χ0) is 8.11. The third-order valence-corrected chi connectivity index (χ3v) is 2.42. The van der Waals surface area contributed by atoms with Crippen LogP contribution in [-0.2, 0) is 19.6 Å². The molecule has 0 spiro atoms. The van der Waals surface area contributed by atoms with E-state index in [4.69, 9.17) is 19.6 Å². The summed E-state index contributed by atoms with van der Waals surface area (Å²) in [4.78, 5) is 20.0. The second-order valence-electron chi connectivity index (χ2n) is 3.33. The molecule has 2 fully saturated rings. The summed E-state index contributed by atoms with van der Waals surface area (Å²) in [5.74, 6) is -1.26. The van der Waals surface area contributed by atoms with Gasteiger partial charge in [-0.15, -0.1) is 0 Å². The van der Waals surface area contributed by atoms with Crippen LogP contribution in [0.4, 0.5) is 0 Å². The van der Waals surface area contributed by atoms with E-state index in [-0.39, 0.29) is 5.92 Å². The topological polar surface area (TPSA) is 36.9 Å². The minimum Gasteiger partial charge on any atom is -0.195 e. The van der Waals surface area contributed by atoms with Crippen molar-refractivity contribution in [2.75, 3.05) is 0 Å². The molecule has 2 heterocycles. The summed E-state index contributed by atoms with van der Waals surface area (Å²) < 4.78 is 0. The largest absolute Gasteiger partial charge is 0.239 e. The lowest BCUT2D eigenvalue weighted by molar-refractivity contribution is -0.583. The Kier molecular flexibility index (Phi) is 1.33. The van der Waals surface area contributed by atoms with Crippen molar-refractivity contribution in [3.63, 3.8) is 0 Å². The maximum absolute atomic E-state index is 5.00. The lowest BCUT2D eigenvalue weighted by Gasteiger charge is -2.20. The monoisotopic (exact) mass is 160 g/mol. The van der Waals surface area contributed by atoms with Gasteiger partial charge in [0.15, 0.2) is 0 Å². The molecule has 0 N–H and O–H groups in total. The number of rotatable bonds is 1. The number of hydrogen-bond acceptors (Lipinski definition) is 4. The SMILES string of the molecule is CCC1C2(C)OOC1(C)OO2. The lowest BCUT2D eigenvalue weighted by atomic mass is 9.91. The molecule has 2 aliphatic rings. The highest BCUT2D eigenvalue weighted by Crippen LogP contribution is 2.51. The molecule has 11 heavy (non-hydrogen) atoms. The molecule has 0 amide bonds. The van der Waals surface area contributed by atoms with Crippen LogP contribution in [0.1, 0.15) is 27.2 Å². The van der Waals surface area contributed by atoms with Crippen LogP contribution in [0, 0.1) is 5.92 Å². The van der Waals surface area contributed by atoms with Gasteiger partial charge >= 0.3 is 0 Å². The molecule has 0 saturated carbocycles. The molecule has 0 atom stereocenters. The van der Waals surface area contributed by atoms with Crippen LogP contribution >= 0.6 is 0 Å². The lowest BCUT2D eigenvalue weighted by Crippen LogP contribution is -2.32. The third kappa shape index (κ3) is 0.780. The molecule has 0 aromatic carbocycles. The van der Waals surface area contributed by atoms with Crippen molar-refractivity contribution in [2.45, 2.75) is 38.8 Å². The summed E-state index contributed by atoms with van der Waals surface area (Å²) in [6, 6.07) is 0. The van der Waals surface area contributed by atoms with Crippen molar-refractivity contribution in [3.05, 3.63) is 0 Å². The van der Waals surface area contributed by atoms with Crippen LogP contribution < -0.4 is 0 Å². The van der Waals surface area contributed by atoms with Crippen LogP contribution in [0.5, 0.6) is 0 Å². The Bertz CT molecular complexity index is 153. The van der Waals surface area contributed by atoms with Gasteiger partial charge in [0, 0.05) is 0 Å². The first-order chi connectivity index (χ1) is 5.11. The smallest absolute Gasteiger partial charge is 0.195 e. The van der Waals surface area contributed by atoms with E-state index in [2.05, 4.69) is 6.92 Å². The molecule has 0 radical (unpaired) electrons. The van der Waals surface area contributed by atoms with Crippen LogP contribution in [0.15, 0.2) is 0 Å². The summed E-state index contributed by atoms with van der Waals surface area (Å²) in [7, 11) is 0. The molecule has 2 aliphatic heterocycles. The van der Waals surface area contributed by atoms with Crippen molar-refractivity contribution in [3.8, 4) is 0 Å². The van der Waals surface area contributed by atoms with Gasteiger partial charge in [-0.05, 0) is 20.3 Å². The maximum Gasteiger partial charge on any atom is 0.239 e. The minimum atomic E-state index is -0.705. The Labute approximate surface area is 65.2 Å². The normalized spacial score (nSPS) is 55.4. The van der Waals surface area contributed by atoms with Crippen LogP contribution in [0.2, 0.25) is 0 Å². The third-order valence-electron chi connectivity index (χ3n) is 2.42. The number of fused-ring (bicyclic) bond motifs is 2. The fourth-order valence-corrected chi connectivity index (χ4v) is 1.81. The zero-order valence-electron chi connectivity index (χ0n) is 6.92. The van der Waals surface area contributed by atoms with E-state index in [0.717, 1.165) is 6.42 Å². The van der Waals surface area contributed by atoms with Crippen molar-refractivity contribution < 1.29 is 19.6 Å². The molecule has 2 bridgehead atoms. The van der Waals surface area contributed by atoms with Gasteiger partial charge in [-0.1, -0.05) is 6.92 Å². The average molecular weight is 160 g/mol. The Morgan fingerprint density at radius 1 is 1.00 bits per heavy atom. The highest BCUT2D eigenvalue weighted by molar-refractivity contribution is 4.89. The van der Waals surface area contributed by atoms with E-state index in [0.29, 0.717) is 0 Å². The van der Waals surface area contributed by atoms with Crippen LogP contribution in [0.3, 0.4) is 0 Å². The first-order valence-corrected chi connectivity index (χ1v) is 3.84. The van der Waals surface area contributed by atoms with Gasteiger partial charge in [-0.3, -0.25) is 0 Å². The molecule has 0 aliphatic carbocycles. The molecular weight excluding hydrogens is 148 g/mol. The summed E-state index contributed by atoms with van der Waals surface area (Å²) in [6.07, 6.45) is 0.910. The molecule has 0 aromatic rings. The minimum absolute atomic E-state index is 0.148. The predicted octanol–water partition coefficient (Wildman–Crippen LogP) is 1.37. The Morgan fingerprint density at radius 2 is 1.36 bits per heavy atom. The highest BCUT2D eigenvalue weighted by Gasteiger charge is 2.65. The van der Waals surface area contributed by atoms with Crippen molar-refractivity contribution in [2.24, 2.45) is 5.92 Å². The second kappa shape index (κ2) is 1.95. The molecule has 4 heteroatoms. The van der Waals surface area contributed by atoms with Gasteiger partial charge in [0.25, 0.3) is 0 Å². The summed E-state index contributed by atoms with van der Waals surface area (Å²) in [5.41, 5.74) is 0. The van der Waals surface area contributed by atoms with E-state index in [9.17, 15) is 0 Å². The number of hydrogen-bond donors (Lipinski definition) is 0. The molecule has 64 valence electrons. The molecule has 0 aromatic heterocycles. The van der Waals surface area contributed by atoms with Gasteiger partial charge < -0.3 is 0 Å². The first kappa shape index (κ1) is 7.49. The fourth-order valence-electron chi connectivity index (χ4n) is 1.81. The van der Waals surface area contributed by atoms with E-state index < -0.39 is 11.6 Å². The average Bonchev–Trinajstić information content (AvgIpc) is 2.35. The highest BCUT2D eigenvalue weighted by atomic mass is 17.4. The fraction of sp³-hybridized carbons (Fsp3) is 1.00. The standard InChI is InChI=1S/C7H12O4/c1-4-5-6(2)8-10-7(5,3)11-9-6/h5H,4H2,1-3H3. The van der Waals surface area contributed by atoms with E-state index >= 15 is 0 Å². The van der Waals surface area contributed by atoms with Crippen molar-refractivity contribution in [1.29, 1.82) is 0 Å². The van der Waals surface area contributed by atoms with E-state index in [1.807, 2.05) is 13.8 Å². The Balaban J connectivity index is 2.29. The first-order valence-electron chi connectivity index (χ1n) is 3.84. The molecule has 2 rings (SSSR count). The van der Waals surface area contributed by atoms with E-state index in [1.54, 1.807) is 0 Å². The zero-order valence-corrected chi connectivity index (χ0v) is 6.92. The summed E-state index contributed by atoms with van der Waals surface area (Å²) in [5, 5.41) is 0. The molecule has 4 nitrogen and oxygen atoms in total. The van der Waals surface area contributed by atoms with Crippen LogP contribution in [-0.4, -0.2) is 11.6 Å². The Morgan fingerprint density at radius 3 is 1.55 bits per heavy atom. The van der Waals surface area contributed by atoms with Gasteiger partial charge in [-0.2, -0.15) is 19.6 Å². The van der Waals surface area contributed by atoms with Gasteiger partial charge in [-0.25, -0.2) is 0 Å². The van der Waals surface area contributed by atoms with E-state index in [1.165, 1.54) is 0 Å².